The predicted molar refractivity (Wildman–Crippen MR) is 230 cm³/mol. The molecule has 0 aromatic rings. The van der Waals surface area contributed by atoms with Gasteiger partial charge in [-0.2, -0.15) is 0 Å². The first-order valence-electron chi connectivity index (χ1n) is 21.8. The first-order chi connectivity index (χ1) is 28.9. The highest BCUT2D eigenvalue weighted by Gasteiger charge is 2.59. The van der Waals surface area contributed by atoms with Crippen LogP contribution in [-0.2, 0) is 57.1 Å². The molecule has 3 rings (SSSR count). The number of epoxide rings is 1. The van der Waals surface area contributed by atoms with E-state index >= 15 is 0 Å². The number of aliphatic hydroxyl groups is 1. The van der Waals surface area contributed by atoms with Crippen LogP contribution in [0.2, 0.25) is 0 Å². The van der Waals surface area contributed by atoms with Crippen LogP contribution < -0.4 is 0 Å². The van der Waals surface area contributed by atoms with E-state index in [0.717, 1.165) is 5.57 Å². The Hall–Kier alpha value is -3.24. The summed E-state index contributed by atoms with van der Waals surface area (Å²) in [5.41, 5.74) is 0.000165. The summed E-state index contributed by atoms with van der Waals surface area (Å²) >= 11 is 0. The largest absolute Gasteiger partial charge is 0.462 e. The molecule has 3 aliphatic rings. The summed E-state index contributed by atoms with van der Waals surface area (Å²) in [7, 11) is 8.10. The van der Waals surface area contributed by atoms with E-state index in [2.05, 4.69) is 6.08 Å². The van der Waals surface area contributed by atoms with E-state index in [1.807, 2.05) is 59.8 Å². The van der Waals surface area contributed by atoms with Gasteiger partial charge in [0, 0.05) is 110 Å². The van der Waals surface area contributed by atoms with Gasteiger partial charge >= 0.3 is 11.9 Å². The van der Waals surface area contributed by atoms with Crippen LogP contribution in [0.4, 0.5) is 0 Å². The molecule has 346 valence electrons. The number of allylic oxidation sites excluding steroid dienone is 2. The second-order valence-corrected chi connectivity index (χ2v) is 17.4. The van der Waals surface area contributed by atoms with Crippen LogP contribution in [0.5, 0.6) is 0 Å². The van der Waals surface area contributed by atoms with Crippen molar-refractivity contribution in [2.45, 2.75) is 154 Å². The van der Waals surface area contributed by atoms with Crippen LogP contribution in [0.1, 0.15) is 93.4 Å². The number of hydrogen-bond acceptors (Lipinski definition) is 13. The molecule has 1 fully saturated rings. The molecule has 0 aliphatic carbocycles. The number of ether oxygens (including phenoxy) is 8. The van der Waals surface area contributed by atoms with Crippen molar-refractivity contribution in [1.29, 1.82) is 0 Å². The van der Waals surface area contributed by atoms with Gasteiger partial charge < -0.3 is 47.9 Å². The molecule has 0 unspecified atom stereocenters. The van der Waals surface area contributed by atoms with Crippen LogP contribution in [0.25, 0.3) is 0 Å². The Morgan fingerprint density at radius 3 is 2.28 bits per heavy atom. The minimum atomic E-state index is -0.947. The number of esters is 2. The van der Waals surface area contributed by atoms with Crippen molar-refractivity contribution in [3.05, 3.63) is 48.2 Å². The maximum atomic E-state index is 13.6. The zero-order valence-corrected chi connectivity index (χ0v) is 38.7. The fourth-order valence-corrected chi connectivity index (χ4v) is 8.95. The first kappa shape index (κ1) is 52.1. The fourth-order valence-electron chi connectivity index (χ4n) is 8.95. The lowest BCUT2D eigenvalue weighted by molar-refractivity contribution is -0.159. The highest BCUT2D eigenvalue weighted by atomic mass is 16.6. The van der Waals surface area contributed by atoms with Crippen LogP contribution >= 0.6 is 0 Å². The molecule has 1 N–H and O–H groups in total. The van der Waals surface area contributed by atoms with Gasteiger partial charge in [-0.05, 0) is 25.7 Å². The highest BCUT2D eigenvalue weighted by molar-refractivity contribution is 5.82. The Labute approximate surface area is 364 Å². The van der Waals surface area contributed by atoms with E-state index in [1.54, 1.807) is 47.8 Å². The lowest BCUT2D eigenvalue weighted by Crippen LogP contribution is -2.50. The topological polar surface area (TPSA) is 169 Å². The quantitative estimate of drug-likeness (QED) is 0.0790. The minimum Gasteiger partial charge on any atom is -0.462 e. The normalized spacial score (nSPS) is 33.0. The fraction of sp³-hybridized carbons (Fsp3) is 0.745. The predicted octanol–water partition coefficient (Wildman–Crippen LogP) is 5.94. The maximum Gasteiger partial charge on any atom is 0.331 e. The maximum absolute atomic E-state index is 13.6. The molecule has 1 saturated heterocycles. The number of rotatable bonds is 17. The number of carbonyl (C=O) groups is 4. The molecule has 1 spiro atoms. The molecule has 0 radical (unpaired) electrons. The number of fused-ring (bicyclic) bond motifs is 2. The van der Waals surface area contributed by atoms with E-state index in [1.165, 1.54) is 17.9 Å². The van der Waals surface area contributed by atoms with Gasteiger partial charge in [-0.25, -0.2) is 4.79 Å². The van der Waals surface area contributed by atoms with E-state index < -0.39 is 65.9 Å². The molecule has 0 aromatic heterocycles. The van der Waals surface area contributed by atoms with Crippen LogP contribution in [0.3, 0.4) is 0 Å². The van der Waals surface area contributed by atoms with Crippen molar-refractivity contribution < 1.29 is 62.2 Å². The van der Waals surface area contributed by atoms with Crippen molar-refractivity contribution in [3.63, 3.8) is 0 Å². The first-order valence-corrected chi connectivity index (χ1v) is 21.8. The molecule has 3 aliphatic heterocycles. The van der Waals surface area contributed by atoms with Gasteiger partial charge in [0.15, 0.2) is 0 Å². The molecule has 61 heavy (non-hydrogen) atoms. The van der Waals surface area contributed by atoms with Gasteiger partial charge in [-0.3, -0.25) is 14.4 Å². The van der Waals surface area contributed by atoms with E-state index in [4.69, 9.17) is 37.9 Å². The summed E-state index contributed by atoms with van der Waals surface area (Å²) in [4.78, 5) is 51.7. The molecule has 3 heterocycles. The minimum absolute atomic E-state index is 0.000379. The van der Waals surface area contributed by atoms with Gasteiger partial charge in [-0.1, -0.05) is 70.6 Å². The van der Waals surface area contributed by atoms with Crippen molar-refractivity contribution in [3.8, 4) is 0 Å². The Balaban J connectivity index is 1.91. The van der Waals surface area contributed by atoms with Crippen molar-refractivity contribution in [2.24, 2.45) is 29.6 Å². The van der Waals surface area contributed by atoms with Crippen LogP contribution in [0.15, 0.2) is 48.2 Å². The number of Topliss-reactive ketones (excluding diaryl/α,β-unsaturated/α-hetero) is 1. The van der Waals surface area contributed by atoms with Crippen molar-refractivity contribution in [2.75, 3.05) is 42.1 Å². The SMILES string of the molecule is CO[C@H]([C@H](C)/C=C/N(C)C=O)[C@@H](C)C(=O)CC[C@H](C)[C@H](O)[C@H](C)[C@H]1OC(=O)C=C/C(C)=C/C[C@H](OC(C)=O)C[C@@H]2C=CC[C@@H](C[C@H](OC)[C@@]3(CO3)[C@@H](OC)C[C@@H](OC)[C@@H]1C)O2. The highest BCUT2D eigenvalue weighted by Crippen LogP contribution is 2.43. The Bertz CT molecular complexity index is 1520. The second-order valence-electron chi connectivity index (χ2n) is 17.4. The third kappa shape index (κ3) is 15.2. The second kappa shape index (κ2) is 25.2. The van der Waals surface area contributed by atoms with E-state index in [0.29, 0.717) is 51.5 Å². The number of hydrogen-bond donors (Lipinski definition) is 1. The summed E-state index contributed by atoms with van der Waals surface area (Å²) < 4.78 is 48.8. The molecular weight excluding hydrogens is 787 g/mol. The number of ketones is 1. The summed E-state index contributed by atoms with van der Waals surface area (Å²) in [6.07, 6.45) is 11.9. The zero-order chi connectivity index (χ0) is 45.4. The third-order valence-electron chi connectivity index (χ3n) is 12.9. The van der Waals surface area contributed by atoms with Gasteiger partial charge in [-0.15, -0.1) is 0 Å². The molecule has 14 heteroatoms. The number of methoxy groups -OCH3 is 4. The standard InChI is InChI=1S/C47H75NO13/c1-29-16-19-38(59-35(7)50)24-36-14-13-15-37(60-36)25-41(55-10)47(27-58-47)42(56-11)26-40(54-9)33(5)46(61-43(52)21-17-29)34(6)44(53)30(2)18-20-39(51)32(4)45(57-12)31(3)22-23-48(8)28-49/h13-14,16-17,21-23,28,30-34,36-38,40-42,44-46,53H,15,18-20,24-27H2,1-12H3/b21-17?,23-22+,29-16+/t30-,31+,32-,33-,34-,36-,37-,38-,40+,41-,42-,44-,45+,46-,47-/m0/s1. The molecule has 0 saturated carbocycles. The average Bonchev–Trinajstić information content (AvgIpc) is 4.05. The third-order valence-corrected chi connectivity index (χ3v) is 12.9. The van der Waals surface area contributed by atoms with Gasteiger partial charge in [0.2, 0.25) is 6.41 Å². The van der Waals surface area contributed by atoms with Gasteiger partial charge in [0.25, 0.3) is 0 Å². The zero-order valence-electron chi connectivity index (χ0n) is 38.7. The van der Waals surface area contributed by atoms with E-state index in [9.17, 15) is 24.3 Å². The molecule has 14 nitrogen and oxygen atoms in total. The average molecular weight is 862 g/mol. The number of amides is 1. The summed E-state index contributed by atoms with van der Waals surface area (Å²) in [5.74, 6) is -2.88. The van der Waals surface area contributed by atoms with Gasteiger partial charge in [0.1, 0.15) is 23.6 Å². The molecule has 0 aromatic carbocycles. The molecule has 2 bridgehead atoms. The summed E-state index contributed by atoms with van der Waals surface area (Å²) in [5, 5.41) is 11.9. The van der Waals surface area contributed by atoms with Crippen LogP contribution in [0, 0.1) is 29.6 Å². The molecule has 15 atom stereocenters. The Kier molecular flexibility index (Phi) is 21.5. The Morgan fingerprint density at radius 1 is 1.02 bits per heavy atom. The van der Waals surface area contributed by atoms with Crippen LogP contribution in [-0.4, -0.2) is 137 Å². The molecular formula is C47H75NO13. The lowest BCUT2D eigenvalue weighted by Gasteiger charge is -2.39. The lowest BCUT2D eigenvalue weighted by atomic mass is 9.78. The van der Waals surface area contributed by atoms with Crippen molar-refractivity contribution >= 4 is 24.1 Å². The van der Waals surface area contributed by atoms with E-state index in [-0.39, 0.29) is 48.3 Å². The number of cyclic esters (lactones) is 1. The Morgan fingerprint density at radius 2 is 1.69 bits per heavy atom. The molecule has 1 amide bonds. The van der Waals surface area contributed by atoms with Crippen molar-refractivity contribution in [1.82, 2.24) is 4.90 Å². The number of nitrogens with zero attached hydrogens (tertiary/aromatic N) is 1. The van der Waals surface area contributed by atoms with Gasteiger partial charge in [0.05, 0.1) is 49.3 Å². The summed E-state index contributed by atoms with van der Waals surface area (Å²) in [6, 6.07) is 0. The smallest absolute Gasteiger partial charge is 0.331 e. The monoisotopic (exact) mass is 862 g/mol. The number of carbonyl (C=O) groups excluding carboxylic acids is 4. The number of aliphatic hydroxyl groups excluding tert-OH is 1. The summed E-state index contributed by atoms with van der Waals surface area (Å²) in [6.45, 7) is 13.1.